The summed E-state index contributed by atoms with van der Waals surface area (Å²) < 4.78 is 2.07. The number of nitro benzene ring substituents is 1. The molecule has 0 bridgehead atoms. The summed E-state index contributed by atoms with van der Waals surface area (Å²) in [6, 6.07) is 12.0. The molecular weight excluding hydrogens is 402 g/mol. The van der Waals surface area contributed by atoms with Crippen molar-refractivity contribution in [3.63, 3.8) is 0 Å². The number of para-hydroxylation sites is 1. The maximum absolute atomic E-state index is 12.7. The molecule has 0 atom stereocenters. The summed E-state index contributed by atoms with van der Waals surface area (Å²) in [5.41, 5.74) is 8.01. The summed E-state index contributed by atoms with van der Waals surface area (Å²) in [7, 11) is 0. The third-order valence-corrected chi connectivity index (χ3v) is 4.53. The molecular formula is C21H21N5O5. The Labute approximate surface area is 176 Å². The lowest BCUT2D eigenvalue weighted by molar-refractivity contribution is -0.384. The molecule has 0 radical (unpaired) electrons. The number of aromatic nitrogens is 3. The van der Waals surface area contributed by atoms with Crippen molar-refractivity contribution >= 4 is 33.6 Å². The Morgan fingerprint density at radius 3 is 2.68 bits per heavy atom. The van der Waals surface area contributed by atoms with Crippen LogP contribution in [0.25, 0.3) is 33.2 Å². The number of hydrogen-bond acceptors (Lipinski definition) is 6. The van der Waals surface area contributed by atoms with Gasteiger partial charge >= 0.3 is 0 Å². The molecule has 2 aromatic carbocycles. The topological polar surface area (TPSA) is 157 Å². The van der Waals surface area contributed by atoms with E-state index in [1.54, 1.807) is 6.07 Å². The van der Waals surface area contributed by atoms with E-state index in [0.29, 0.717) is 23.3 Å². The first-order valence-electron chi connectivity index (χ1n) is 9.48. The van der Waals surface area contributed by atoms with Gasteiger partial charge in [-0.15, -0.1) is 0 Å². The van der Waals surface area contributed by atoms with Gasteiger partial charge in [-0.25, -0.2) is 4.98 Å². The minimum atomic E-state index is -0.833. The van der Waals surface area contributed by atoms with Crippen molar-refractivity contribution in [2.75, 3.05) is 6.54 Å². The van der Waals surface area contributed by atoms with Crippen LogP contribution < -0.4 is 11.3 Å². The highest BCUT2D eigenvalue weighted by Crippen LogP contribution is 2.29. The van der Waals surface area contributed by atoms with Crippen molar-refractivity contribution in [2.24, 2.45) is 5.73 Å². The molecule has 160 valence electrons. The van der Waals surface area contributed by atoms with Crippen LogP contribution in [0.3, 0.4) is 0 Å². The van der Waals surface area contributed by atoms with E-state index in [1.165, 1.54) is 12.1 Å². The molecule has 0 aliphatic carbocycles. The molecule has 2 heterocycles. The fraction of sp³-hybridized carbons (Fsp3) is 0.190. The monoisotopic (exact) mass is 423 g/mol. The quantitative estimate of drug-likeness (QED) is 0.329. The normalized spacial score (nSPS) is 10.6. The Morgan fingerprint density at radius 2 is 2.00 bits per heavy atom. The predicted octanol–water partition coefficient (Wildman–Crippen LogP) is 2.89. The smallest absolute Gasteiger partial charge is 0.300 e. The molecule has 31 heavy (non-hydrogen) atoms. The van der Waals surface area contributed by atoms with E-state index in [2.05, 4.69) is 14.5 Å². The van der Waals surface area contributed by atoms with Crippen molar-refractivity contribution in [1.29, 1.82) is 0 Å². The molecule has 0 aliphatic rings. The molecule has 10 heteroatoms. The number of hydrogen-bond donors (Lipinski definition) is 3. The zero-order chi connectivity index (χ0) is 22.5. The number of nitrogens with zero attached hydrogens (tertiary/aromatic N) is 3. The second-order valence-corrected chi connectivity index (χ2v) is 6.79. The number of carboxylic acids is 1. The number of nitrogens with two attached hydrogens (primary N) is 1. The number of aromatic amines is 1. The summed E-state index contributed by atoms with van der Waals surface area (Å²) in [4.78, 5) is 39.3. The number of nitro groups is 1. The highest BCUT2D eigenvalue weighted by atomic mass is 16.6. The second kappa shape index (κ2) is 9.18. The average Bonchev–Trinajstić information content (AvgIpc) is 3.09. The molecule has 0 unspecified atom stereocenters. The van der Waals surface area contributed by atoms with E-state index in [0.717, 1.165) is 36.4 Å². The van der Waals surface area contributed by atoms with Crippen LogP contribution in [-0.4, -0.2) is 37.1 Å². The fourth-order valence-corrected chi connectivity index (χ4v) is 3.25. The van der Waals surface area contributed by atoms with Crippen LogP contribution in [0.15, 0.2) is 53.5 Å². The van der Waals surface area contributed by atoms with E-state index >= 15 is 0 Å². The molecule has 0 saturated heterocycles. The van der Waals surface area contributed by atoms with Crippen LogP contribution >= 0.6 is 0 Å². The zero-order valence-electron chi connectivity index (χ0n) is 16.7. The minimum absolute atomic E-state index is 0.0916. The van der Waals surface area contributed by atoms with Gasteiger partial charge in [-0.05, 0) is 25.1 Å². The van der Waals surface area contributed by atoms with Crippen LogP contribution in [0.1, 0.15) is 13.3 Å². The van der Waals surface area contributed by atoms with E-state index < -0.39 is 10.9 Å². The lowest BCUT2D eigenvalue weighted by Crippen LogP contribution is -2.11. The molecule has 4 rings (SSSR count). The standard InChI is InChI=1S/C19H17N5O3.C2H4O2/c20-8-3-9-23-11-14(13-4-1-2-5-17(13)23)18-19(25)22-16-10-12(24(26)27)6-7-15(16)21-18;1-2(3)4/h1-2,4-7,10-11H,3,8-9,20H2,(H,22,25);1H3,(H,3,4). The van der Waals surface area contributed by atoms with Gasteiger partial charge in [0.05, 0.1) is 16.0 Å². The summed E-state index contributed by atoms with van der Waals surface area (Å²) in [5.74, 6) is -0.833. The van der Waals surface area contributed by atoms with E-state index in [-0.39, 0.29) is 11.2 Å². The number of aliphatic carboxylic acids is 1. The molecule has 0 spiro atoms. The van der Waals surface area contributed by atoms with Crippen molar-refractivity contribution < 1.29 is 14.8 Å². The van der Waals surface area contributed by atoms with Crippen LogP contribution in [0.4, 0.5) is 5.69 Å². The second-order valence-electron chi connectivity index (χ2n) is 6.79. The Hall–Kier alpha value is -4.05. The summed E-state index contributed by atoms with van der Waals surface area (Å²) in [6.07, 6.45) is 2.73. The van der Waals surface area contributed by atoms with Crippen LogP contribution in [-0.2, 0) is 11.3 Å². The van der Waals surface area contributed by atoms with E-state index in [4.69, 9.17) is 15.6 Å². The van der Waals surface area contributed by atoms with Crippen molar-refractivity contribution in [3.8, 4) is 11.3 Å². The van der Waals surface area contributed by atoms with Crippen LogP contribution in [0.5, 0.6) is 0 Å². The molecule has 4 aromatic rings. The number of fused-ring (bicyclic) bond motifs is 2. The first-order chi connectivity index (χ1) is 14.8. The van der Waals surface area contributed by atoms with E-state index in [1.807, 2.05) is 30.5 Å². The molecule has 10 nitrogen and oxygen atoms in total. The maximum atomic E-state index is 12.7. The van der Waals surface area contributed by atoms with Gasteiger partial charge in [0.25, 0.3) is 17.2 Å². The van der Waals surface area contributed by atoms with Gasteiger partial charge in [0.1, 0.15) is 5.69 Å². The number of benzene rings is 2. The molecule has 0 amide bonds. The lowest BCUT2D eigenvalue weighted by Gasteiger charge is -2.02. The van der Waals surface area contributed by atoms with Crippen molar-refractivity contribution in [1.82, 2.24) is 14.5 Å². The van der Waals surface area contributed by atoms with Gasteiger partial charge in [0.15, 0.2) is 0 Å². The number of H-pyrrole nitrogens is 1. The number of aryl methyl sites for hydroxylation is 1. The predicted molar refractivity (Wildman–Crippen MR) is 117 cm³/mol. The highest BCUT2D eigenvalue weighted by Gasteiger charge is 2.16. The lowest BCUT2D eigenvalue weighted by atomic mass is 10.1. The van der Waals surface area contributed by atoms with Gasteiger partial charge in [0.2, 0.25) is 0 Å². The summed E-state index contributed by atoms with van der Waals surface area (Å²) in [5, 5.41) is 19.3. The highest BCUT2D eigenvalue weighted by molar-refractivity contribution is 5.95. The van der Waals surface area contributed by atoms with Gasteiger partial charge in [-0.3, -0.25) is 19.7 Å². The fourth-order valence-electron chi connectivity index (χ4n) is 3.25. The maximum Gasteiger partial charge on any atom is 0.300 e. The Morgan fingerprint density at radius 1 is 1.29 bits per heavy atom. The van der Waals surface area contributed by atoms with Gasteiger partial charge in [-0.1, -0.05) is 18.2 Å². The number of carbonyl (C=O) groups is 1. The molecule has 0 fully saturated rings. The third-order valence-electron chi connectivity index (χ3n) is 4.53. The molecule has 4 N–H and O–H groups in total. The van der Waals surface area contributed by atoms with Crippen LogP contribution in [0, 0.1) is 10.1 Å². The van der Waals surface area contributed by atoms with Gasteiger partial charge in [0, 0.05) is 48.3 Å². The zero-order valence-corrected chi connectivity index (χ0v) is 16.7. The first kappa shape index (κ1) is 21.7. The molecule has 0 aliphatic heterocycles. The summed E-state index contributed by atoms with van der Waals surface area (Å²) >= 11 is 0. The van der Waals surface area contributed by atoms with Gasteiger partial charge in [-0.2, -0.15) is 0 Å². The van der Waals surface area contributed by atoms with Crippen molar-refractivity contribution in [2.45, 2.75) is 19.9 Å². The number of non-ortho nitro benzene ring substituents is 1. The SMILES string of the molecule is CC(=O)O.NCCCn1cc(-c2nc3ccc([N+](=O)[O-])cc3[nH]c2=O)c2ccccc21. The Kier molecular flexibility index (Phi) is 6.41. The largest absolute Gasteiger partial charge is 0.481 e. The molecule has 2 aromatic heterocycles. The molecule has 0 saturated carbocycles. The minimum Gasteiger partial charge on any atom is -0.481 e. The number of rotatable bonds is 5. The van der Waals surface area contributed by atoms with Gasteiger partial charge < -0.3 is 20.4 Å². The van der Waals surface area contributed by atoms with Crippen molar-refractivity contribution in [3.05, 3.63) is 69.1 Å². The number of nitrogens with one attached hydrogen (secondary N) is 1. The third kappa shape index (κ3) is 4.75. The van der Waals surface area contributed by atoms with Crippen LogP contribution in [0.2, 0.25) is 0 Å². The Bertz CT molecular complexity index is 1320. The first-order valence-corrected chi connectivity index (χ1v) is 9.48. The van der Waals surface area contributed by atoms with E-state index in [9.17, 15) is 14.9 Å². The average molecular weight is 423 g/mol. The summed E-state index contributed by atoms with van der Waals surface area (Å²) in [6.45, 7) is 2.41. The number of carboxylic acid groups (broad SMARTS) is 1. The Balaban J connectivity index is 0.000000628.